The van der Waals surface area contributed by atoms with Gasteiger partial charge in [0.05, 0.1) is 11.6 Å². The SMILES string of the molecule is CC.CC#CSc1nc(C2CN(C(=O)OC(C)(C)C)C2)nc(-c2ccc(OC(F)(F)F)cc2)c1C. The minimum Gasteiger partial charge on any atom is -0.444 e. The van der Waals surface area contributed by atoms with Gasteiger partial charge < -0.3 is 14.4 Å². The minimum absolute atomic E-state index is 0.0846. The van der Waals surface area contributed by atoms with Crippen LogP contribution in [0.4, 0.5) is 18.0 Å². The van der Waals surface area contributed by atoms with Gasteiger partial charge in [-0.2, -0.15) is 0 Å². The fourth-order valence-electron chi connectivity index (χ4n) is 3.11. The summed E-state index contributed by atoms with van der Waals surface area (Å²) in [6.45, 7) is 13.8. The van der Waals surface area contributed by atoms with Crippen LogP contribution in [0.3, 0.4) is 0 Å². The van der Waals surface area contributed by atoms with Gasteiger partial charge in [-0.05, 0) is 75.9 Å². The molecule has 2 aromatic rings. The van der Waals surface area contributed by atoms with Crippen molar-refractivity contribution < 1.29 is 27.4 Å². The molecule has 0 unspecified atom stereocenters. The van der Waals surface area contributed by atoms with E-state index in [1.165, 1.54) is 36.0 Å². The van der Waals surface area contributed by atoms with Crippen LogP contribution in [0.25, 0.3) is 11.3 Å². The van der Waals surface area contributed by atoms with Gasteiger partial charge >= 0.3 is 12.5 Å². The Morgan fingerprint density at radius 3 is 2.23 bits per heavy atom. The van der Waals surface area contributed by atoms with E-state index in [4.69, 9.17) is 9.72 Å². The van der Waals surface area contributed by atoms with Gasteiger partial charge in [-0.3, -0.25) is 0 Å². The highest BCUT2D eigenvalue weighted by molar-refractivity contribution is 8.03. The van der Waals surface area contributed by atoms with Crippen molar-refractivity contribution in [1.29, 1.82) is 0 Å². The molecule has 0 bridgehead atoms. The van der Waals surface area contributed by atoms with Crippen molar-refractivity contribution in [1.82, 2.24) is 14.9 Å². The molecule has 3 rings (SSSR count). The monoisotopic (exact) mass is 509 g/mol. The van der Waals surface area contributed by atoms with E-state index in [9.17, 15) is 18.0 Å². The van der Waals surface area contributed by atoms with Gasteiger partial charge in [0.15, 0.2) is 0 Å². The number of aromatic nitrogens is 2. The van der Waals surface area contributed by atoms with E-state index in [1.54, 1.807) is 32.6 Å². The Morgan fingerprint density at radius 2 is 1.71 bits per heavy atom. The first-order chi connectivity index (χ1) is 16.4. The number of ether oxygens (including phenoxy) is 2. The number of amides is 1. The normalized spacial score (nSPS) is 13.6. The fraction of sp³-hybridized carbons (Fsp3) is 0.480. The number of alkyl halides is 3. The molecule has 0 atom stereocenters. The molecule has 35 heavy (non-hydrogen) atoms. The maximum Gasteiger partial charge on any atom is 0.573 e. The average Bonchev–Trinajstić information content (AvgIpc) is 2.72. The first-order valence-electron chi connectivity index (χ1n) is 11.2. The van der Waals surface area contributed by atoms with E-state index >= 15 is 0 Å². The molecule has 1 saturated heterocycles. The Kier molecular flexibility index (Phi) is 9.44. The zero-order valence-corrected chi connectivity index (χ0v) is 21.7. The molecule has 1 aliphatic rings. The van der Waals surface area contributed by atoms with Gasteiger partial charge in [0.25, 0.3) is 0 Å². The number of hydrogen-bond donors (Lipinski definition) is 0. The standard InChI is InChI=1S/C23H24F3N3O3S.C2H6/c1-6-11-33-20-14(2)18(15-7-9-17(10-8-15)31-23(24,25)26)27-19(28-20)16-12-29(13-16)21(30)32-22(3,4)5;1-2/h7-10,16H,12-13H2,1-5H3;1-2H3. The first kappa shape index (κ1) is 28.3. The molecule has 0 saturated carbocycles. The largest absolute Gasteiger partial charge is 0.573 e. The van der Waals surface area contributed by atoms with Crippen LogP contribution < -0.4 is 4.74 Å². The molecule has 0 spiro atoms. The molecule has 1 aromatic heterocycles. The predicted octanol–water partition coefficient (Wildman–Crippen LogP) is 6.78. The van der Waals surface area contributed by atoms with Gasteiger partial charge in [0.2, 0.25) is 0 Å². The molecule has 1 fully saturated rings. The maximum absolute atomic E-state index is 12.5. The lowest BCUT2D eigenvalue weighted by molar-refractivity contribution is -0.274. The second-order valence-electron chi connectivity index (χ2n) is 8.47. The molecule has 190 valence electrons. The highest BCUT2D eigenvalue weighted by Crippen LogP contribution is 2.34. The van der Waals surface area contributed by atoms with E-state index in [0.717, 1.165) is 5.56 Å². The maximum atomic E-state index is 12.5. The van der Waals surface area contributed by atoms with Crippen molar-refractivity contribution in [3.05, 3.63) is 35.7 Å². The number of thioether (sulfide) groups is 1. The van der Waals surface area contributed by atoms with Gasteiger partial charge in [0, 0.05) is 24.2 Å². The van der Waals surface area contributed by atoms with Gasteiger partial charge in [0.1, 0.15) is 22.2 Å². The number of nitrogens with zero attached hydrogens (tertiary/aromatic N) is 3. The van der Waals surface area contributed by atoms with Crippen molar-refractivity contribution in [3.63, 3.8) is 0 Å². The van der Waals surface area contributed by atoms with Crippen molar-refractivity contribution in [2.45, 2.75) is 71.4 Å². The van der Waals surface area contributed by atoms with Gasteiger partial charge in [-0.15, -0.1) is 13.2 Å². The summed E-state index contributed by atoms with van der Waals surface area (Å²) < 4.78 is 46.8. The van der Waals surface area contributed by atoms with Crippen LogP contribution in [0.2, 0.25) is 0 Å². The predicted molar refractivity (Wildman–Crippen MR) is 130 cm³/mol. The van der Waals surface area contributed by atoms with E-state index in [2.05, 4.69) is 20.9 Å². The van der Waals surface area contributed by atoms with Crippen LogP contribution in [0.15, 0.2) is 29.3 Å². The zero-order chi connectivity index (χ0) is 26.4. The summed E-state index contributed by atoms with van der Waals surface area (Å²) in [4.78, 5) is 23.2. The minimum atomic E-state index is -4.76. The van der Waals surface area contributed by atoms with Gasteiger partial charge in [-0.1, -0.05) is 19.8 Å². The summed E-state index contributed by atoms with van der Waals surface area (Å²) in [5, 5.41) is 3.58. The summed E-state index contributed by atoms with van der Waals surface area (Å²) in [5.74, 6) is 2.97. The number of likely N-dealkylation sites (tertiary alicyclic amines) is 1. The van der Waals surface area contributed by atoms with E-state index < -0.39 is 18.1 Å². The van der Waals surface area contributed by atoms with Crippen molar-refractivity contribution >= 4 is 17.9 Å². The van der Waals surface area contributed by atoms with Crippen LogP contribution in [0, 0.1) is 18.1 Å². The number of carbonyl (C=O) groups is 1. The zero-order valence-electron chi connectivity index (χ0n) is 20.9. The quantitative estimate of drug-likeness (QED) is 0.257. The molecule has 0 radical (unpaired) electrons. The highest BCUT2D eigenvalue weighted by atomic mass is 32.2. The fourth-order valence-corrected chi connectivity index (χ4v) is 3.69. The summed E-state index contributed by atoms with van der Waals surface area (Å²) in [6, 6.07) is 5.54. The Morgan fingerprint density at radius 1 is 1.11 bits per heavy atom. The van der Waals surface area contributed by atoms with Crippen LogP contribution >= 0.6 is 11.8 Å². The second kappa shape index (κ2) is 11.7. The van der Waals surface area contributed by atoms with Crippen LogP contribution in [0.5, 0.6) is 5.75 Å². The van der Waals surface area contributed by atoms with Gasteiger partial charge in [-0.25, -0.2) is 14.8 Å². The van der Waals surface area contributed by atoms with Crippen molar-refractivity contribution in [2.24, 2.45) is 0 Å². The summed E-state index contributed by atoms with van der Waals surface area (Å²) in [7, 11) is 0. The second-order valence-corrected chi connectivity index (χ2v) is 9.26. The molecule has 1 aromatic carbocycles. The molecular formula is C25H30F3N3O3S. The summed E-state index contributed by atoms with van der Waals surface area (Å²) in [5.41, 5.74) is 1.40. The molecular weight excluding hydrogens is 479 g/mol. The van der Waals surface area contributed by atoms with E-state index in [-0.39, 0.29) is 11.7 Å². The lowest BCUT2D eigenvalue weighted by atomic mass is 9.99. The van der Waals surface area contributed by atoms with E-state index in [0.29, 0.717) is 35.2 Å². The average molecular weight is 510 g/mol. The molecule has 6 nitrogen and oxygen atoms in total. The number of hydrogen-bond acceptors (Lipinski definition) is 6. The summed E-state index contributed by atoms with van der Waals surface area (Å²) in [6.07, 6.45) is -5.15. The first-order valence-corrected chi connectivity index (χ1v) is 12.0. The number of benzene rings is 1. The third-order valence-corrected chi connectivity index (χ3v) is 5.52. The Bertz CT molecular complexity index is 1080. The Balaban J connectivity index is 0.00000210. The van der Waals surface area contributed by atoms with Crippen LogP contribution in [-0.4, -0.2) is 46.0 Å². The molecule has 0 N–H and O–H groups in total. The number of rotatable bonds is 4. The third kappa shape index (κ3) is 8.06. The van der Waals surface area contributed by atoms with Crippen LogP contribution in [0.1, 0.15) is 58.8 Å². The Hall–Kier alpha value is -2.93. The Labute approximate surface area is 208 Å². The molecule has 0 aliphatic carbocycles. The van der Waals surface area contributed by atoms with Crippen molar-refractivity contribution in [3.8, 4) is 28.2 Å². The molecule has 10 heteroatoms. The summed E-state index contributed by atoms with van der Waals surface area (Å²) >= 11 is 1.26. The molecule has 1 amide bonds. The highest BCUT2D eigenvalue weighted by Gasteiger charge is 2.37. The van der Waals surface area contributed by atoms with Crippen molar-refractivity contribution in [2.75, 3.05) is 13.1 Å². The smallest absolute Gasteiger partial charge is 0.444 e. The third-order valence-electron chi connectivity index (χ3n) is 4.63. The molecule has 2 heterocycles. The van der Waals surface area contributed by atoms with E-state index in [1.807, 2.05) is 20.8 Å². The lowest BCUT2D eigenvalue weighted by Gasteiger charge is -2.39. The number of halogens is 3. The molecule has 1 aliphatic heterocycles. The number of carbonyl (C=O) groups excluding carboxylic acids is 1. The van der Waals surface area contributed by atoms with Crippen LogP contribution in [-0.2, 0) is 4.74 Å². The lowest BCUT2D eigenvalue weighted by Crippen LogP contribution is -2.50. The topological polar surface area (TPSA) is 64.6 Å².